The number of hydrogen-bond donors (Lipinski definition) is 1. The van der Waals surface area contributed by atoms with Crippen molar-refractivity contribution in [3.05, 3.63) is 92.2 Å². The zero-order chi connectivity index (χ0) is 20.8. The third kappa shape index (κ3) is 2.67. The number of rotatable bonds is 2. The average molecular weight is 455 g/mol. The van der Waals surface area contributed by atoms with Crippen LogP contribution >= 0.6 is 15.9 Å². The molecule has 1 N–H and O–H groups in total. The molecule has 5 aromatic rings. The molecule has 5 nitrogen and oxygen atoms in total. The molecule has 0 atom stereocenters. The first-order chi connectivity index (χ1) is 14.6. The molecular formula is C24H15BrN4O. The second-order valence-electron chi connectivity index (χ2n) is 7.03. The number of para-hydroxylation sites is 2. The van der Waals surface area contributed by atoms with Gasteiger partial charge in [0.05, 0.1) is 27.8 Å². The quantitative estimate of drug-likeness (QED) is 0.351. The molecule has 3 aromatic carbocycles. The van der Waals surface area contributed by atoms with Crippen LogP contribution in [0.1, 0.15) is 16.7 Å². The summed E-state index contributed by atoms with van der Waals surface area (Å²) in [6.07, 6.45) is 1.57. The van der Waals surface area contributed by atoms with Gasteiger partial charge in [-0.05, 0) is 42.1 Å². The van der Waals surface area contributed by atoms with E-state index in [1.807, 2.05) is 60.7 Å². The Morgan fingerprint density at radius 3 is 2.60 bits per heavy atom. The lowest BCUT2D eigenvalue weighted by molar-refractivity contribution is 1.12. The second kappa shape index (κ2) is 6.97. The molecule has 0 saturated carbocycles. The number of nitriles is 1. The number of hydrogen-bond acceptors (Lipinski definition) is 3. The lowest BCUT2D eigenvalue weighted by Crippen LogP contribution is -2.20. The minimum absolute atomic E-state index is 0.205. The zero-order valence-electron chi connectivity index (χ0n) is 16.0. The molecule has 5 rings (SSSR count). The van der Waals surface area contributed by atoms with Crippen LogP contribution in [-0.4, -0.2) is 15.6 Å². The van der Waals surface area contributed by atoms with Crippen LogP contribution in [0.2, 0.25) is 0 Å². The third-order valence-corrected chi connectivity index (χ3v) is 6.05. The van der Waals surface area contributed by atoms with Crippen molar-refractivity contribution in [3.8, 4) is 6.07 Å². The van der Waals surface area contributed by atoms with E-state index in [2.05, 4.69) is 32.0 Å². The first kappa shape index (κ1) is 18.3. The number of imidazole rings is 1. The van der Waals surface area contributed by atoms with E-state index in [0.29, 0.717) is 22.3 Å². The van der Waals surface area contributed by atoms with Gasteiger partial charge in [0.2, 0.25) is 0 Å². The first-order valence-corrected chi connectivity index (χ1v) is 10.2. The number of fused-ring (bicyclic) bond motifs is 4. The normalized spacial score (nSPS) is 11.6. The van der Waals surface area contributed by atoms with Crippen molar-refractivity contribution in [2.24, 2.45) is 4.99 Å². The fourth-order valence-corrected chi connectivity index (χ4v) is 4.32. The van der Waals surface area contributed by atoms with Crippen molar-refractivity contribution in [1.82, 2.24) is 9.38 Å². The summed E-state index contributed by atoms with van der Waals surface area (Å²) in [5.74, 6) is 0. The van der Waals surface area contributed by atoms with E-state index < -0.39 is 0 Å². The Bertz CT molecular complexity index is 1600. The predicted molar refractivity (Wildman–Crippen MR) is 124 cm³/mol. The maximum atomic E-state index is 13.4. The Balaban J connectivity index is 1.78. The monoisotopic (exact) mass is 454 g/mol. The molecule has 0 fully saturated rings. The van der Waals surface area contributed by atoms with E-state index in [1.54, 1.807) is 17.5 Å². The first-order valence-electron chi connectivity index (χ1n) is 9.37. The zero-order valence-corrected chi connectivity index (χ0v) is 17.6. The highest BCUT2D eigenvalue weighted by atomic mass is 79.9. The van der Waals surface area contributed by atoms with Crippen LogP contribution in [0.25, 0.3) is 27.5 Å². The van der Waals surface area contributed by atoms with Crippen LogP contribution in [0.4, 0.5) is 5.69 Å². The van der Waals surface area contributed by atoms with Gasteiger partial charge in [0.25, 0.3) is 5.56 Å². The fourth-order valence-electron chi connectivity index (χ4n) is 3.84. The van der Waals surface area contributed by atoms with Crippen molar-refractivity contribution >= 4 is 55.3 Å². The van der Waals surface area contributed by atoms with E-state index in [-0.39, 0.29) is 5.56 Å². The molecule has 0 aliphatic carbocycles. The predicted octanol–water partition coefficient (Wildman–Crippen LogP) is 5.63. The van der Waals surface area contributed by atoms with Gasteiger partial charge in [-0.3, -0.25) is 14.2 Å². The number of nitrogens with zero attached hydrogens (tertiary/aromatic N) is 3. The van der Waals surface area contributed by atoms with E-state index in [4.69, 9.17) is 0 Å². The molecule has 0 unspecified atom stereocenters. The lowest BCUT2D eigenvalue weighted by Gasteiger charge is -2.07. The van der Waals surface area contributed by atoms with Crippen LogP contribution < -0.4 is 5.56 Å². The molecule has 0 amide bonds. The number of aromatic nitrogens is 2. The van der Waals surface area contributed by atoms with Gasteiger partial charge in [-0.2, -0.15) is 5.26 Å². The Labute approximate surface area is 180 Å². The van der Waals surface area contributed by atoms with Crippen LogP contribution in [0.3, 0.4) is 0 Å². The molecule has 0 radical (unpaired) electrons. The third-order valence-electron chi connectivity index (χ3n) is 5.36. The molecule has 2 aromatic heterocycles. The Morgan fingerprint density at radius 2 is 1.80 bits per heavy atom. The van der Waals surface area contributed by atoms with E-state index in [1.165, 1.54) is 0 Å². The molecule has 0 aliphatic rings. The van der Waals surface area contributed by atoms with Crippen molar-refractivity contribution in [2.75, 3.05) is 0 Å². The summed E-state index contributed by atoms with van der Waals surface area (Å²) in [5, 5.41) is 11.8. The van der Waals surface area contributed by atoms with Crippen molar-refractivity contribution in [2.45, 2.75) is 6.92 Å². The summed E-state index contributed by atoms with van der Waals surface area (Å²) in [5.41, 5.74) is 4.05. The minimum Gasteiger partial charge on any atom is -0.338 e. The molecule has 0 aliphatic heterocycles. The van der Waals surface area contributed by atoms with E-state index in [9.17, 15) is 10.1 Å². The summed E-state index contributed by atoms with van der Waals surface area (Å²) in [7, 11) is 0. The largest absolute Gasteiger partial charge is 0.338 e. The maximum absolute atomic E-state index is 13.4. The molecule has 6 heteroatoms. The number of benzene rings is 3. The Morgan fingerprint density at radius 1 is 1.07 bits per heavy atom. The molecular weight excluding hydrogens is 440 g/mol. The summed E-state index contributed by atoms with van der Waals surface area (Å²) >= 11 is 3.57. The van der Waals surface area contributed by atoms with Gasteiger partial charge in [-0.25, -0.2) is 0 Å². The van der Waals surface area contributed by atoms with Crippen LogP contribution in [-0.2, 0) is 0 Å². The minimum atomic E-state index is -0.205. The number of halogens is 1. The van der Waals surface area contributed by atoms with E-state index >= 15 is 0 Å². The van der Waals surface area contributed by atoms with Crippen LogP contribution in [0, 0.1) is 18.3 Å². The molecule has 0 saturated heterocycles. The Kier molecular flexibility index (Phi) is 4.27. The van der Waals surface area contributed by atoms with Gasteiger partial charge in [-0.15, -0.1) is 0 Å². The van der Waals surface area contributed by atoms with Gasteiger partial charge >= 0.3 is 0 Å². The summed E-state index contributed by atoms with van der Waals surface area (Å²) < 4.78 is 2.54. The molecule has 0 spiro atoms. The molecule has 0 bridgehead atoms. The van der Waals surface area contributed by atoms with Crippen molar-refractivity contribution in [1.29, 1.82) is 5.26 Å². The molecule has 30 heavy (non-hydrogen) atoms. The molecule has 2 heterocycles. The summed E-state index contributed by atoms with van der Waals surface area (Å²) in [6.45, 7) is 1.78. The number of nitrogens with one attached hydrogen (secondary N) is 1. The van der Waals surface area contributed by atoms with Crippen molar-refractivity contribution < 1.29 is 0 Å². The number of pyridine rings is 1. The lowest BCUT2D eigenvalue weighted by atomic mass is 10.1. The summed E-state index contributed by atoms with van der Waals surface area (Å²) in [4.78, 5) is 21.2. The number of aromatic amines is 1. The number of H-pyrrole nitrogens is 1. The topological polar surface area (TPSA) is 73.4 Å². The highest BCUT2D eigenvalue weighted by molar-refractivity contribution is 9.10. The SMILES string of the molecule is Cc1c(C=Nc2ccc(Br)c3ccccc23)c(=O)n2c([nH]c3ccccc32)c1C#N. The smallest absolute Gasteiger partial charge is 0.265 e. The van der Waals surface area contributed by atoms with Crippen LogP contribution in [0.15, 0.2) is 74.9 Å². The van der Waals surface area contributed by atoms with Crippen molar-refractivity contribution in [3.63, 3.8) is 0 Å². The van der Waals surface area contributed by atoms with Gasteiger partial charge < -0.3 is 4.98 Å². The van der Waals surface area contributed by atoms with Gasteiger partial charge in [0, 0.05) is 16.1 Å². The van der Waals surface area contributed by atoms with Crippen LogP contribution in [0.5, 0.6) is 0 Å². The highest BCUT2D eigenvalue weighted by Gasteiger charge is 2.17. The van der Waals surface area contributed by atoms with Gasteiger partial charge in [0.1, 0.15) is 11.7 Å². The second-order valence-corrected chi connectivity index (χ2v) is 7.88. The van der Waals surface area contributed by atoms with Gasteiger partial charge in [-0.1, -0.05) is 52.3 Å². The fraction of sp³-hybridized carbons (Fsp3) is 0.0417. The van der Waals surface area contributed by atoms with E-state index in [0.717, 1.165) is 32.0 Å². The average Bonchev–Trinajstić information content (AvgIpc) is 3.15. The maximum Gasteiger partial charge on any atom is 0.265 e. The highest BCUT2D eigenvalue weighted by Crippen LogP contribution is 2.31. The summed E-state index contributed by atoms with van der Waals surface area (Å²) in [6, 6.07) is 21.6. The standard InChI is InChI=1S/C24H15BrN4O/c1-14-17(12-26)23-28-21-8-4-5-9-22(21)29(23)24(30)18(14)13-27-20-11-10-19(25)15-6-2-3-7-16(15)20/h2-11,13,28H,1H3. The van der Waals surface area contributed by atoms with Gasteiger partial charge in [0.15, 0.2) is 0 Å². The number of aliphatic imine (C=N–C) groups is 1. The Hall–Kier alpha value is -3.69. The molecule has 144 valence electrons.